The maximum atomic E-state index is 14.0. The predicted molar refractivity (Wildman–Crippen MR) is 203 cm³/mol. The molecule has 4 aromatic rings. The summed E-state index contributed by atoms with van der Waals surface area (Å²) in [5, 5.41) is 0. The first-order valence-electron chi connectivity index (χ1n) is 15.4. The number of halogens is 2. The van der Waals surface area contributed by atoms with Crippen LogP contribution in [0.2, 0.25) is 0 Å². The summed E-state index contributed by atoms with van der Waals surface area (Å²) in [4.78, 5) is -1.76. The number of sulfonamides is 2. The quantitative estimate of drug-likeness (QED) is 0.106. The molecule has 4 aromatic carbocycles. The second kappa shape index (κ2) is 15.9. The Morgan fingerprint density at radius 3 is 1.16 bits per heavy atom. The molecule has 0 radical (unpaired) electrons. The molecule has 8 nitrogen and oxygen atoms in total. The van der Waals surface area contributed by atoms with Crippen LogP contribution in [0.1, 0.15) is 25.0 Å². The number of ether oxygens (including phenoxy) is 2. The van der Waals surface area contributed by atoms with Crippen molar-refractivity contribution in [2.75, 3.05) is 47.4 Å². The minimum atomic E-state index is -3.98. The molecular weight excluding hydrogens is 724 g/mol. The lowest BCUT2D eigenvalue weighted by Crippen LogP contribution is -2.44. The summed E-state index contributed by atoms with van der Waals surface area (Å²) in [5.41, 5.74) is 2.76. The highest BCUT2D eigenvalue weighted by Crippen LogP contribution is 2.35. The molecule has 0 aromatic heterocycles. The number of hydrogen-bond acceptors (Lipinski definition) is 7. The van der Waals surface area contributed by atoms with Crippen molar-refractivity contribution >= 4 is 66.4 Å². The second-order valence-electron chi connectivity index (χ2n) is 12.4. The lowest BCUT2D eigenvalue weighted by molar-refractivity contribution is 0.414. The molecule has 0 heterocycles. The van der Waals surface area contributed by atoms with E-state index in [2.05, 4.69) is 0 Å². The smallest absolute Gasteiger partial charge is 0.264 e. The zero-order valence-electron chi connectivity index (χ0n) is 28.4. The number of thioether (sulfide) groups is 1. The molecule has 13 heteroatoms. The Morgan fingerprint density at radius 1 is 0.571 bits per heavy atom. The van der Waals surface area contributed by atoms with Crippen LogP contribution in [-0.4, -0.2) is 65.4 Å². The van der Waals surface area contributed by atoms with Gasteiger partial charge in [0.1, 0.15) is 11.5 Å². The van der Waals surface area contributed by atoms with E-state index in [-0.39, 0.29) is 22.9 Å². The van der Waals surface area contributed by atoms with Crippen molar-refractivity contribution in [1.29, 1.82) is 0 Å². The van der Waals surface area contributed by atoms with Gasteiger partial charge in [0.05, 0.1) is 58.2 Å². The molecule has 0 amide bonds. The van der Waals surface area contributed by atoms with Crippen LogP contribution in [0.15, 0.2) is 107 Å². The lowest BCUT2D eigenvalue weighted by atomic mass is 10.2. The molecular formula is C36H42Cl2N2O6S3. The van der Waals surface area contributed by atoms with E-state index < -0.39 is 29.8 Å². The summed E-state index contributed by atoms with van der Waals surface area (Å²) in [7, 11) is -4.88. The maximum absolute atomic E-state index is 14.0. The van der Waals surface area contributed by atoms with Gasteiger partial charge in [0.25, 0.3) is 20.0 Å². The SMILES string of the molecule is COc1ccc(N(C[C@](C)(Cl)CSC[C@@](C)(Cl)CN(c2ccc(OC)cc2)S(=O)(=O)c2ccc(C)cc2)S(=O)(=O)c2ccc(C)cc2)cc1. The maximum Gasteiger partial charge on any atom is 0.264 e. The molecule has 0 saturated heterocycles. The van der Waals surface area contributed by atoms with E-state index in [0.717, 1.165) is 11.1 Å². The van der Waals surface area contributed by atoms with Crippen LogP contribution in [0.3, 0.4) is 0 Å². The fourth-order valence-corrected chi connectivity index (χ4v) is 10.1. The number of rotatable bonds is 16. The fraction of sp³-hybridized carbons (Fsp3) is 0.333. The molecule has 0 saturated carbocycles. The van der Waals surface area contributed by atoms with Gasteiger partial charge in [0, 0.05) is 11.5 Å². The van der Waals surface area contributed by atoms with Crippen LogP contribution >= 0.6 is 35.0 Å². The average Bonchev–Trinajstić information content (AvgIpc) is 3.06. The Bertz CT molecular complexity index is 1760. The molecule has 4 rings (SSSR count). The Morgan fingerprint density at radius 2 is 0.878 bits per heavy atom. The van der Waals surface area contributed by atoms with Gasteiger partial charge in [-0.15, -0.1) is 23.2 Å². The molecule has 0 bridgehead atoms. The van der Waals surface area contributed by atoms with Crippen LogP contribution < -0.4 is 18.1 Å². The normalized spacial score (nSPS) is 14.4. The average molecular weight is 766 g/mol. The number of methoxy groups -OCH3 is 2. The summed E-state index contributed by atoms with van der Waals surface area (Å²) in [5.74, 6) is 1.82. The second-order valence-corrected chi connectivity index (χ2v) is 18.9. The van der Waals surface area contributed by atoms with Gasteiger partial charge in [0.15, 0.2) is 0 Å². The number of anilines is 2. The summed E-state index contributed by atoms with van der Waals surface area (Å²) in [6.45, 7) is 7.26. The number of benzene rings is 4. The van der Waals surface area contributed by atoms with Gasteiger partial charge < -0.3 is 9.47 Å². The van der Waals surface area contributed by atoms with Gasteiger partial charge in [-0.25, -0.2) is 16.8 Å². The van der Waals surface area contributed by atoms with E-state index >= 15 is 0 Å². The Hall–Kier alpha value is -3.09. The van der Waals surface area contributed by atoms with Crippen LogP contribution in [0.4, 0.5) is 11.4 Å². The van der Waals surface area contributed by atoms with Crippen molar-refractivity contribution in [2.24, 2.45) is 0 Å². The topological polar surface area (TPSA) is 93.2 Å². The van der Waals surface area contributed by atoms with Gasteiger partial charge in [-0.3, -0.25) is 8.61 Å². The van der Waals surface area contributed by atoms with E-state index in [1.165, 1.54) is 20.4 Å². The molecule has 0 aliphatic rings. The highest BCUT2D eigenvalue weighted by molar-refractivity contribution is 7.99. The monoisotopic (exact) mass is 764 g/mol. The van der Waals surface area contributed by atoms with Crippen LogP contribution in [0, 0.1) is 13.8 Å². The van der Waals surface area contributed by atoms with Crippen molar-refractivity contribution in [3.8, 4) is 11.5 Å². The Balaban J connectivity index is 1.55. The molecule has 0 fully saturated rings. The minimum Gasteiger partial charge on any atom is -0.497 e. The van der Waals surface area contributed by atoms with E-state index in [4.69, 9.17) is 32.7 Å². The van der Waals surface area contributed by atoms with Crippen molar-refractivity contribution < 1.29 is 26.3 Å². The van der Waals surface area contributed by atoms with Crippen molar-refractivity contribution in [2.45, 2.75) is 47.2 Å². The molecule has 2 atom stereocenters. The first-order valence-corrected chi connectivity index (χ1v) is 20.2. The van der Waals surface area contributed by atoms with Crippen molar-refractivity contribution in [1.82, 2.24) is 0 Å². The van der Waals surface area contributed by atoms with Gasteiger partial charge >= 0.3 is 0 Å². The van der Waals surface area contributed by atoms with E-state index in [0.29, 0.717) is 34.4 Å². The predicted octanol–water partition coefficient (Wildman–Crippen LogP) is 8.14. The lowest BCUT2D eigenvalue weighted by Gasteiger charge is -2.34. The number of hydrogen-bond donors (Lipinski definition) is 0. The van der Waals surface area contributed by atoms with Crippen molar-refractivity contribution in [3.05, 3.63) is 108 Å². The van der Waals surface area contributed by atoms with Gasteiger partial charge in [-0.05, 0) is 100 Å². The molecule has 264 valence electrons. The third kappa shape index (κ3) is 10.0. The van der Waals surface area contributed by atoms with E-state index in [9.17, 15) is 16.8 Å². The van der Waals surface area contributed by atoms with E-state index in [1.54, 1.807) is 125 Å². The molecule has 49 heavy (non-hydrogen) atoms. The molecule has 0 aliphatic carbocycles. The number of alkyl halides is 2. The van der Waals surface area contributed by atoms with E-state index in [1.807, 2.05) is 13.8 Å². The molecule has 0 N–H and O–H groups in total. The first-order chi connectivity index (χ1) is 23.0. The van der Waals surface area contributed by atoms with Crippen LogP contribution in [-0.2, 0) is 20.0 Å². The van der Waals surface area contributed by atoms with Crippen molar-refractivity contribution in [3.63, 3.8) is 0 Å². The standard InChI is InChI=1S/C36H42Cl2N2O6S3/c1-27-7-19-33(20-8-27)48(41,42)39(29-11-15-31(45-5)16-12-29)23-35(3,37)25-47-26-36(4,38)24-40(30-13-17-32(46-6)18-14-30)49(43,44)34-21-9-28(2)10-22-34/h7-22H,23-26H2,1-6H3/t35-,36-/m0/s1. The van der Waals surface area contributed by atoms with Gasteiger partial charge in [-0.1, -0.05) is 35.4 Å². The Kier molecular flexibility index (Phi) is 12.5. The molecule has 0 aliphatic heterocycles. The largest absolute Gasteiger partial charge is 0.497 e. The minimum absolute atomic E-state index is 0.0388. The number of aryl methyl sites for hydroxylation is 2. The molecule has 0 spiro atoms. The zero-order valence-corrected chi connectivity index (χ0v) is 32.4. The summed E-state index contributed by atoms with van der Waals surface area (Å²) < 4.78 is 69.1. The highest BCUT2D eigenvalue weighted by atomic mass is 35.5. The first kappa shape index (κ1) is 38.7. The summed E-state index contributed by atoms with van der Waals surface area (Å²) in [6.07, 6.45) is 0. The summed E-state index contributed by atoms with van der Waals surface area (Å²) >= 11 is 15.6. The van der Waals surface area contributed by atoms with Gasteiger partial charge in [0.2, 0.25) is 0 Å². The van der Waals surface area contributed by atoms with Crippen LogP contribution in [0.25, 0.3) is 0 Å². The fourth-order valence-electron chi connectivity index (χ4n) is 4.97. The molecule has 0 unspecified atom stereocenters. The third-order valence-electron chi connectivity index (χ3n) is 7.69. The highest BCUT2D eigenvalue weighted by Gasteiger charge is 2.36. The Labute approximate surface area is 305 Å². The number of nitrogens with zero attached hydrogens (tertiary/aromatic N) is 2. The van der Waals surface area contributed by atoms with Crippen LogP contribution in [0.5, 0.6) is 11.5 Å². The summed E-state index contributed by atoms with van der Waals surface area (Å²) in [6, 6.07) is 26.9. The van der Waals surface area contributed by atoms with Gasteiger partial charge in [-0.2, -0.15) is 11.8 Å². The third-order valence-corrected chi connectivity index (χ3v) is 13.8. The zero-order chi connectivity index (χ0) is 36.0.